The number of hydrogen-bond acceptors (Lipinski definition) is 7. The maximum atomic E-state index is 13.3. The van der Waals surface area contributed by atoms with Crippen molar-refractivity contribution in [1.29, 1.82) is 0 Å². The van der Waals surface area contributed by atoms with E-state index in [2.05, 4.69) is 10.3 Å². The van der Waals surface area contributed by atoms with E-state index in [1.54, 1.807) is 12.1 Å². The first-order chi connectivity index (χ1) is 17.4. The van der Waals surface area contributed by atoms with Gasteiger partial charge in [0.2, 0.25) is 11.8 Å². The van der Waals surface area contributed by atoms with Crippen molar-refractivity contribution in [3.63, 3.8) is 0 Å². The van der Waals surface area contributed by atoms with Crippen molar-refractivity contribution in [2.75, 3.05) is 12.4 Å². The van der Waals surface area contributed by atoms with Gasteiger partial charge < -0.3 is 10.1 Å². The van der Waals surface area contributed by atoms with Gasteiger partial charge in [0, 0.05) is 11.4 Å². The van der Waals surface area contributed by atoms with Crippen LogP contribution in [0, 0.1) is 10.1 Å². The zero-order valence-electron chi connectivity index (χ0n) is 19.1. The van der Waals surface area contributed by atoms with E-state index in [1.807, 2.05) is 42.5 Å². The number of nitro groups is 1. The number of nitrogens with zero attached hydrogens (tertiary/aromatic N) is 3. The van der Waals surface area contributed by atoms with Gasteiger partial charge in [-0.3, -0.25) is 24.6 Å². The second-order valence-corrected chi connectivity index (χ2v) is 9.32. The number of benzene rings is 3. The predicted molar refractivity (Wildman–Crippen MR) is 140 cm³/mol. The van der Waals surface area contributed by atoms with Crippen LogP contribution in [-0.4, -0.2) is 39.2 Å². The predicted octanol–water partition coefficient (Wildman–Crippen LogP) is 5.42. The number of amidine groups is 1. The molecule has 3 aromatic rings. The van der Waals surface area contributed by atoms with E-state index in [-0.39, 0.29) is 30.2 Å². The zero-order chi connectivity index (χ0) is 25.7. The van der Waals surface area contributed by atoms with Gasteiger partial charge in [0.25, 0.3) is 5.69 Å². The monoisotopic (exact) mass is 524 g/mol. The van der Waals surface area contributed by atoms with Gasteiger partial charge in [-0.1, -0.05) is 59.8 Å². The molecular weight excluding hydrogens is 504 g/mol. The van der Waals surface area contributed by atoms with E-state index < -0.39 is 16.1 Å². The quantitative estimate of drug-likeness (QED) is 0.311. The molecule has 1 heterocycles. The van der Waals surface area contributed by atoms with Crippen LogP contribution >= 0.6 is 23.4 Å². The number of halogens is 1. The van der Waals surface area contributed by atoms with Gasteiger partial charge in [0.15, 0.2) is 5.17 Å². The minimum atomic E-state index is -0.757. The molecule has 9 nitrogen and oxygen atoms in total. The molecule has 0 aromatic heterocycles. The largest absolute Gasteiger partial charge is 0.496 e. The summed E-state index contributed by atoms with van der Waals surface area (Å²) in [7, 11) is 1.39. The molecule has 1 aliphatic heterocycles. The normalized spacial score (nSPS) is 16.3. The molecule has 0 spiro atoms. The lowest BCUT2D eigenvalue weighted by Gasteiger charge is -2.17. The first-order valence-corrected chi connectivity index (χ1v) is 12.1. The molecule has 184 valence electrons. The maximum absolute atomic E-state index is 13.3. The van der Waals surface area contributed by atoms with Gasteiger partial charge in [0.1, 0.15) is 16.7 Å². The number of amides is 2. The van der Waals surface area contributed by atoms with Crippen molar-refractivity contribution in [1.82, 2.24) is 4.90 Å². The van der Waals surface area contributed by atoms with Crippen LogP contribution < -0.4 is 10.1 Å². The first-order valence-electron chi connectivity index (χ1n) is 10.8. The third-order valence-corrected chi connectivity index (χ3v) is 6.88. The Morgan fingerprint density at radius 1 is 1.17 bits per heavy atom. The number of ether oxygens (including phenoxy) is 1. The number of anilines is 1. The SMILES string of the molecule is COc1ccc(NC(=O)C[C@@H]2SC(=Nc3ccccc3)N(Cc3ccccc3Cl)C2=O)c([N+](=O)[O-])c1. The third-order valence-electron chi connectivity index (χ3n) is 5.33. The molecule has 0 aliphatic carbocycles. The minimum Gasteiger partial charge on any atom is -0.496 e. The number of methoxy groups -OCH3 is 1. The Hall–Kier alpha value is -3.89. The Kier molecular flexibility index (Phi) is 7.87. The summed E-state index contributed by atoms with van der Waals surface area (Å²) < 4.78 is 5.02. The molecule has 1 aliphatic rings. The fourth-order valence-corrected chi connectivity index (χ4v) is 4.90. The Morgan fingerprint density at radius 3 is 2.58 bits per heavy atom. The average Bonchev–Trinajstić information content (AvgIpc) is 3.14. The molecule has 3 aromatic carbocycles. The average molecular weight is 525 g/mol. The van der Waals surface area contributed by atoms with Crippen molar-refractivity contribution in [2.24, 2.45) is 4.99 Å². The van der Waals surface area contributed by atoms with Crippen LogP contribution in [0.5, 0.6) is 5.75 Å². The molecule has 1 atom stereocenters. The van der Waals surface area contributed by atoms with Gasteiger partial charge in [-0.2, -0.15) is 0 Å². The molecule has 0 saturated carbocycles. The highest BCUT2D eigenvalue weighted by molar-refractivity contribution is 8.15. The van der Waals surface area contributed by atoms with Gasteiger partial charge in [-0.15, -0.1) is 0 Å². The number of hydrogen-bond donors (Lipinski definition) is 1. The fourth-order valence-electron chi connectivity index (χ4n) is 3.55. The van der Waals surface area contributed by atoms with E-state index in [0.717, 1.165) is 5.56 Å². The second-order valence-electron chi connectivity index (χ2n) is 7.74. The first kappa shape index (κ1) is 25.2. The molecule has 1 saturated heterocycles. The standard InChI is InChI=1S/C25H21ClN4O5S/c1-35-18-11-12-20(21(13-18)30(33)34)28-23(31)14-22-24(32)29(15-16-7-5-6-10-19(16)26)25(36-22)27-17-8-3-2-4-9-17/h2-13,22H,14-15H2,1H3,(H,28,31)/t22-/m0/s1. The highest BCUT2D eigenvalue weighted by Gasteiger charge is 2.39. The lowest BCUT2D eigenvalue weighted by molar-refractivity contribution is -0.384. The number of aliphatic imine (C=N–C) groups is 1. The summed E-state index contributed by atoms with van der Waals surface area (Å²) in [5.74, 6) is -0.542. The van der Waals surface area contributed by atoms with Gasteiger partial charge in [-0.25, -0.2) is 4.99 Å². The summed E-state index contributed by atoms with van der Waals surface area (Å²) in [6, 6.07) is 20.5. The number of para-hydroxylation sites is 1. The molecule has 0 radical (unpaired) electrons. The molecule has 0 bridgehead atoms. The maximum Gasteiger partial charge on any atom is 0.296 e. The van der Waals surface area contributed by atoms with E-state index >= 15 is 0 Å². The fraction of sp³-hybridized carbons (Fsp3) is 0.160. The van der Waals surface area contributed by atoms with Crippen LogP contribution in [0.15, 0.2) is 77.8 Å². The van der Waals surface area contributed by atoms with E-state index in [9.17, 15) is 19.7 Å². The smallest absolute Gasteiger partial charge is 0.296 e. The molecule has 2 amide bonds. The summed E-state index contributed by atoms with van der Waals surface area (Å²) in [6.45, 7) is 0.194. The Labute approximate surface area is 216 Å². The molecular formula is C25H21ClN4O5S. The van der Waals surface area contributed by atoms with Gasteiger partial charge in [0.05, 0.1) is 30.3 Å². The van der Waals surface area contributed by atoms with Crippen molar-refractivity contribution in [2.45, 2.75) is 18.2 Å². The molecule has 1 N–H and O–H groups in total. The van der Waals surface area contributed by atoms with Crippen LogP contribution in [0.25, 0.3) is 0 Å². The number of thioether (sulfide) groups is 1. The number of nitrogens with one attached hydrogen (secondary N) is 1. The number of carbonyl (C=O) groups excluding carboxylic acids is 2. The van der Waals surface area contributed by atoms with Crippen molar-refractivity contribution < 1.29 is 19.2 Å². The highest BCUT2D eigenvalue weighted by atomic mass is 35.5. The summed E-state index contributed by atoms with van der Waals surface area (Å²) in [4.78, 5) is 43.1. The lowest BCUT2D eigenvalue weighted by atomic mass is 10.2. The van der Waals surface area contributed by atoms with E-state index in [0.29, 0.717) is 21.6 Å². The molecule has 36 heavy (non-hydrogen) atoms. The van der Waals surface area contributed by atoms with E-state index in [1.165, 1.54) is 42.0 Å². The number of nitro benzene ring substituents is 1. The zero-order valence-corrected chi connectivity index (χ0v) is 20.7. The number of carbonyl (C=O) groups is 2. The topological polar surface area (TPSA) is 114 Å². The van der Waals surface area contributed by atoms with Crippen LogP contribution in [-0.2, 0) is 16.1 Å². The molecule has 0 unspecified atom stereocenters. The summed E-state index contributed by atoms with van der Waals surface area (Å²) in [5, 5.41) is 14.2. The lowest BCUT2D eigenvalue weighted by Crippen LogP contribution is -2.33. The van der Waals surface area contributed by atoms with Crippen LogP contribution in [0.4, 0.5) is 17.1 Å². The van der Waals surface area contributed by atoms with Crippen LogP contribution in [0.1, 0.15) is 12.0 Å². The van der Waals surface area contributed by atoms with Crippen LogP contribution in [0.3, 0.4) is 0 Å². The number of rotatable bonds is 8. The molecule has 4 rings (SSSR count). The van der Waals surface area contributed by atoms with Crippen molar-refractivity contribution in [3.05, 3.63) is 93.5 Å². The minimum absolute atomic E-state index is 0.0207. The molecule has 11 heteroatoms. The Morgan fingerprint density at radius 2 is 1.89 bits per heavy atom. The Bertz CT molecular complexity index is 1340. The van der Waals surface area contributed by atoms with Crippen molar-refractivity contribution >= 4 is 57.4 Å². The van der Waals surface area contributed by atoms with Gasteiger partial charge >= 0.3 is 0 Å². The van der Waals surface area contributed by atoms with Gasteiger partial charge in [-0.05, 0) is 35.9 Å². The van der Waals surface area contributed by atoms with Crippen LogP contribution in [0.2, 0.25) is 5.02 Å². The van der Waals surface area contributed by atoms with E-state index in [4.69, 9.17) is 16.3 Å². The Balaban J connectivity index is 1.56. The van der Waals surface area contributed by atoms with Crippen molar-refractivity contribution in [3.8, 4) is 5.75 Å². The summed E-state index contributed by atoms with van der Waals surface area (Å²) in [5.41, 5.74) is 1.12. The summed E-state index contributed by atoms with van der Waals surface area (Å²) in [6.07, 6.45) is -0.195. The molecule has 1 fully saturated rings. The summed E-state index contributed by atoms with van der Waals surface area (Å²) >= 11 is 7.49. The second kappa shape index (κ2) is 11.2. The highest BCUT2D eigenvalue weighted by Crippen LogP contribution is 2.35. The third kappa shape index (κ3) is 5.84.